The van der Waals surface area contributed by atoms with Gasteiger partial charge in [-0.1, -0.05) is 12.1 Å². The second-order valence-corrected chi connectivity index (χ2v) is 8.70. The molecule has 0 aliphatic carbocycles. The number of allylic oxidation sites excluding steroid dienone is 1. The van der Waals surface area contributed by atoms with Crippen molar-refractivity contribution in [1.82, 2.24) is 25.3 Å². The number of aromatic hydroxyl groups is 1. The van der Waals surface area contributed by atoms with E-state index in [0.717, 1.165) is 25.2 Å². The molecule has 32 heavy (non-hydrogen) atoms. The van der Waals surface area contributed by atoms with Crippen LogP contribution in [0.1, 0.15) is 25.3 Å². The van der Waals surface area contributed by atoms with Crippen LogP contribution in [0.15, 0.2) is 41.9 Å². The first-order valence-corrected chi connectivity index (χ1v) is 11.5. The lowest BCUT2D eigenvalue weighted by atomic mass is 10.1. The molecule has 0 spiro atoms. The zero-order chi connectivity index (χ0) is 22.7. The first-order valence-electron chi connectivity index (χ1n) is 11.5. The first kappa shape index (κ1) is 22.1. The lowest BCUT2D eigenvalue weighted by molar-refractivity contribution is 0.0889. The van der Waals surface area contributed by atoms with E-state index in [1.165, 1.54) is 6.42 Å². The Bertz CT molecular complexity index is 894. The van der Waals surface area contributed by atoms with Crippen LogP contribution in [0.25, 0.3) is 5.70 Å². The van der Waals surface area contributed by atoms with Gasteiger partial charge in [0.25, 0.3) is 0 Å². The number of nitrogens with one attached hydrogen (secondary N) is 2. The highest BCUT2D eigenvalue weighted by Crippen LogP contribution is 2.27. The SMILES string of the molecule is CCN(CC1CCCN1)C(=O)N1CCN2C(/C=C(\N)c3ccccc3O)=C(N)NCC2C1. The number of fused-ring (bicyclic) bond motifs is 1. The van der Waals surface area contributed by atoms with E-state index in [0.29, 0.717) is 55.8 Å². The van der Waals surface area contributed by atoms with Gasteiger partial charge in [-0.25, -0.2) is 4.79 Å². The molecule has 0 radical (unpaired) electrons. The van der Waals surface area contributed by atoms with Crippen molar-refractivity contribution in [2.45, 2.75) is 31.8 Å². The van der Waals surface area contributed by atoms with Crippen LogP contribution >= 0.6 is 0 Å². The number of benzene rings is 1. The number of nitrogens with zero attached hydrogens (tertiary/aromatic N) is 3. The highest BCUT2D eigenvalue weighted by atomic mass is 16.3. The normalized spacial score (nSPS) is 23.7. The van der Waals surface area contributed by atoms with E-state index in [9.17, 15) is 9.90 Å². The van der Waals surface area contributed by atoms with Crippen molar-refractivity contribution in [1.29, 1.82) is 0 Å². The number of amides is 2. The summed E-state index contributed by atoms with van der Waals surface area (Å²) in [6.45, 7) is 7.15. The van der Waals surface area contributed by atoms with Gasteiger partial charge in [0.05, 0.1) is 11.7 Å². The fraction of sp³-hybridized carbons (Fsp3) is 0.522. The molecule has 2 fully saturated rings. The van der Waals surface area contributed by atoms with E-state index < -0.39 is 0 Å². The summed E-state index contributed by atoms with van der Waals surface area (Å²) in [5.74, 6) is 0.689. The van der Waals surface area contributed by atoms with Crippen molar-refractivity contribution in [2.75, 3.05) is 45.8 Å². The summed E-state index contributed by atoms with van der Waals surface area (Å²) < 4.78 is 0. The molecule has 7 N–H and O–H groups in total. The van der Waals surface area contributed by atoms with Crippen LogP contribution in [0.2, 0.25) is 0 Å². The number of piperazine rings is 1. The summed E-state index contributed by atoms with van der Waals surface area (Å²) in [6.07, 6.45) is 4.12. The number of carbonyl (C=O) groups is 1. The average Bonchev–Trinajstić information content (AvgIpc) is 3.32. The maximum atomic E-state index is 13.2. The molecule has 2 saturated heterocycles. The fourth-order valence-electron chi connectivity index (χ4n) is 4.82. The Morgan fingerprint density at radius 3 is 2.88 bits per heavy atom. The Morgan fingerprint density at radius 2 is 2.16 bits per heavy atom. The molecule has 9 heteroatoms. The van der Waals surface area contributed by atoms with Crippen molar-refractivity contribution in [3.8, 4) is 5.75 Å². The lowest BCUT2D eigenvalue weighted by Gasteiger charge is -2.47. The third-order valence-corrected chi connectivity index (χ3v) is 6.63. The lowest BCUT2D eigenvalue weighted by Crippen LogP contribution is -2.62. The third-order valence-electron chi connectivity index (χ3n) is 6.63. The number of phenolic OH excluding ortho intramolecular Hbond substituents is 1. The number of para-hydroxylation sites is 1. The molecule has 4 rings (SSSR count). The summed E-state index contributed by atoms with van der Waals surface area (Å²) in [6, 6.07) is 7.59. The van der Waals surface area contributed by atoms with E-state index in [2.05, 4.69) is 15.5 Å². The van der Waals surface area contributed by atoms with Crippen molar-refractivity contribution < 1.29 is 9.90 Å². The molecular formula is C23H35N7O2. The highest BCUT2D eigenvalue weighted by molar-refractivity contribution is 5.75. The zero-order valence-electron chi connectivity index (χ0n) is 18.8. The minimum absolute atomic E-state index is 0.103. The van der Waals surface area contributed by atoms with Gasteiger partial charge in [-0.15, -0.1) is 0 Å². The largest absolute Gasteiger partial charge is 0.507 e. The maximum absolute atomic E-state index is 13.2. The Morgan fingerprint density at radius 1 is 1.34 bits per heavy atom. The third kappa shape index (κ3) is 4.57. The fourth-order valence-corrected chi connectivity index (χ4v) is 4.82. The predicted octanol–water partition coefficient (Wildman–Crippen LogP) is 0.603. The van der Waals surface area contributed by atoms with Crippen molar-refractivity contribution in [3.05, 3.63) is 47.4 Å². The number of hydrogen-bond donors (Lipinski definition) is 5. The van der Waals surface area contributed by atoms with Crippen LogP contribution in [0.4, 0.5) is 4.79 Å². The second kappa shape index (κ2) is 9.60. The van der Waals surface area contributed by atoms with Gasteiger partial charge in [-0.3, -0.25) is 0 Å². The summed E-state index contributed by atoms with van der Waals surface area (Å²) >= 11 is 0. The molecule has 0 aromatic heterocycles. The summed E-state index contributed by atoms with van der Waals surface area (Å²) in [4.78, 5) is 19.4. The van der Waals surface area contributed by atoms with Gasteiger partial charge in [0.15, 0.2) is 0 Å². The standard InChI is InChI=1S/C23H35N7O2/c1-2-28(14-16-6-5-9-26-16)23(32)29-10-11-30-17(15-29)13-27-22(25)20(30)12-19(24)18-7-3-4-8-21(18)31/h3-4,7-8,12,16-17,26-27,31H,2,5-6,9-11,13-15,24-25H2,1H3/b19-12-. The van der Waals surface area contributed by atoms with Crippen LogP contribution in [0.5, 0.6) is 5.75 Å². The van der Waals surface area contributed by atoms with Crippen LogP contribution in [-0.2, 0) is 0 Å². The van der Waals surface area contributed by atoms with Crippen molar-refractivity contribution in [3.63, 3.8) is 0 Å². The van der Waals surface area contributed by atoms with E-state index in [-0.39, 0.29) is 17.8 Å². The summed E-state index contributed by atoms with van der Waals surface area (Å²) in [7, 11) is 0. The van der Waals surface area contributed by atoms with Crippen LogP contribution in [0, 0.1) is 0 Å². The second-order valence-electron chi connectivity index (χ2n) is 8.70. The van der Waals surface area contributed by atoms with Crippen LogP contribution in [-0.4, -0.2) is 83.7 Å². The molecular weight excluding hydrogens is 406 g/mol. The maximum Gasteiger partial charge on any atom is 0.320 e. The molecule has 0 saturated carbocycles. The van der Waals surface area contributed by atoms with Crippen LogP contribution < -0.4 is 22.1 Å². The smallest absolute Gasteiger partial charge is 0.320 e. The predicted molar refractivity (Wildman–Crippen MR) is 125 cm³/mol. The highest BCUT2D eigenvalue weighted by Gasteiger charge is 2.35. The molecule has 3 aliphatic rings. The molecule has 174 valence electrons. The monoisotopic (exact) mass is 441 g/mol. The Labute approximate surface area is 189 Å². The molecule has 3 heterocycles. The number of urea groups is 1. The average molecular weight is 442 g/mol. The number of hydrogen-bond acceptors (Lipinski definition) is 7. The Kier molecular flexibility index (Phi) is 6.64. The zero-order valence-corrected chi connectivity index (χ0v) is 18.8. The van der Waals surface area contributed by atoms with Gasteiger partial charge in [0.2, 0.25) is 0 Å². The van der Waals surface area contributed by atoms with Gasteiger partial charge >= 0.3 is 6.03 Å². The minimum Gasteiger partial charge on any atom is -0.507 e. The Hall–Kier alpha value is -3.07. The topological polar surface area (TPSA) is 123 Å². The molecule has 2 unspecified atom stereocenters. The molecule has 1 aromatic rings. The van der Waals surface area contributed by atoms with Gasteiger partial charge in [0.1, 0.15) is 11.6 Å². The summed E-state index contributed by atoms with van der Waals surface area (Å²) in [5.41, 5.74) is 14.4. The van der Waals surface area contributed by atoms with Gasteiger partial charge < -0.3 is 41.9 Å². The Balaban J connectivity index is 1.46. The van der Waals surface area contributed by atoms with Crippen molar-refractivity contribution in [2.24, 2.45) is 11.5 Å². The number of likely N-dealkylation sites (N-methyl/N-ethyl adjacent to an activating group) is 1. The minimum atomic E-state index is 0.103. The molecule has 2 amide bonds. The molecule has 2 atom stereocenters. The van der Waals surface area contributed by atoms with Crippen molar-refractivity contribution >= 4 is 11.7 Å². The van der Waals surface area contributed by atoms with E-state index in [4.69, 9.17) is 11.5 Å². The number of phenols is 1. The van der Waals surface area contributed by atoms with E-state index in [1.54, 1.807) is 18.2 Å². The van der Waals surface area contributed by atoms with Gasteiger partial charge in [-0.2, -0.15) is 0 Å². The first-order chi connectivity index (χ1) is 15.5. The number of carbonyl (C=O) groups excluding carboxylic acids is 1. The van der Waals surface area contributed by atoms with Crippen LogP contribution in [0.3, 0.4) is 0 Å². The van der Waals surface area contributed by atoms with Gasteiger partial charge in [-0.05, 0) is 44.5 Å². The van der Waals surface area contributed by atoms with E-state index in [1.807, 2.05) is 28.9 Å². The molecule has 0 bridgehead atoms. The molecule has 1 aromatic carbocycles. The van der Waals surface area contributed by atoms with E-state index >= 15 is 0 Å². The number of nitrogens with two attached hydrogens (primary N) is 2. The quantitative estimate of drug-likeness (QED) is 0.453. The summed E-state index contributed by atoms with van der Waals surface area (Å²) in [5, 5.41) is 16.9. The van der Waals surface area contributed by atoms with Gasteiger partial charge in [0, 0.05) is 56.6 Å². The number of rotatable bonds is 5. The molecule has 9 nitrogen and oxygen atoms in total. The molecule has 3 aliphatic heterocycles.